The molecule has 2 rings (SSSR count). The Morgan fingerprint density at radius 3 is 2.47 bits per heavy atom. The molecule has 5 heteroatoms. The first kappa shape index (κ1) is 12.2. The van der Waals surface area contributed by atoms with E-state index < -0.39 is 0 Å². The molecule has 0 aliphatic heterocycles. The first-order valence-electron chi connectivity index (χ1n) is 5.09. The lowest BCUT2D eigenvalue weighted by molar-refractivity contribution is 1.06. The van der Waals surface area contributed by atoms with Crippen molar-refractivity contribution in [2.45, 2.75) is 11.8 Å². The Morgan fingerprint density at radius 1 is 1.18 bits per heavy atom. The van der Waals surface area contributed by atoms with Crippen LogP contribution in [-0.4, -0.2) is 16.2 Å². The third-order valence-electron chi connectivity index (χ3n) is 2.17. The van der Waals surface area contributed by atoms with Crippen LogP contribution in [0, 0.1) is 6.92 Å². The molecule has 1 aromatic heterocycles. The Bertz CT molecular complexity index is 493. The van der Waals surface area contributed by atoms with E-state index in [4.69, 9.17) is 11.6 Å². The molecule has 17 heavy (non-hydrogen) atoms. The van der Waals surface area contributed by atoms with Crippen LogP contribution in [0.15, 0.2) is 35.2 Å². The molecule has 0 aliphatic carbocycles. The zero-order chi connectivity index (χ0) is 12.3. The first-order chi connectivity index (χ1) is 8.17. The van der Waals surface area contributed by atoms with E-state index in [1.165, 1.54) is 4.90 Å². The second kappa shape index (κ2) is 5.38. The Morgan fingerprint density at radius 2 is 1.88 bits per heavy atom. The van der Waals surface area contributed by atoms with Gasteiger partial charge in [0.2, 0.25) is 0 Å². The van der Waals surface area contributed by atoms with E-state index in [1.807, 2.05) is 19.1 Å². The van der Waals surface area contributed by atoms with Gasteiger partial charge in [0.1, 0.15) is 16.8 Å². The fraction of sp³-hybridized carbons (Fsp3) is 0.167. The van der Waals surface area contributed by atoms with Crippen molar-refractivity contribution in [2.75, 3.05) is 11.6 Å². The number of nitrogens with zero attached hydrogens (tertiary/aromatic N) is 2. The highest BCUT2D eigenvalue weighted by Gasteiger charge is 2.00. The van der Waals surface area contributed by atoms with E-state index >= 15 is 0 Å². The molecule has 0 amide bonds. The van der Waals surface area contributed by atoms with E-state index in [1.54, 1.807) is 17.8 Å². The van der Waals surface area contributed by atoms with Crippen molar-refractivity contribution in [1.29, 1.82) is 0 Å². The number of anilines is 2. The fourth-order valence-corrected chi connectivity index (χ4v) is 2.05. The maximum atomic E-state index is 5.87. The van der Waals surface area contributed by atoms with Gasteiger partial charge in [-0.2, -0.15) is 0 Å². The number of halogens is 1. The van der Waals surface area contributed by atoms with Gasteiger partial charge in [-0.15, -0.1) is 11.8 Å². The van der Waals surface area contributed by atoms with Gasteiger partial charge in [0.15, 0.2) is 0 Å². The van der Waals surface area contributed by atoms with Crippen LogP contribution < -0.4 is 5.32 Å². The van der Waals surface area contributed by atoms with Gasteiger partial charge in [-0.3, -0.25) is 0 Å². The minimum atomic E-state index is 0.445. The van der Waals surface area contributed by atoms with Crippen molar-refractivity contribution < 1.29 is 0 Å². The molecule has 0 unspecified atom stereocenters. The van der Waals surface area contributed by atoms with Gasteiger partial charge in [0.25, 0.3) is 0 Å². The first-order valence-corrected chi connectivity index (χ1v) is 6.70. The van der Waals surface area contributed by atoms with Crippen LogP contribution in [0.1, 0.15) is 5.82 Å². The van der Waals surface area contributed by atoms with Gasteiger partial charge >= 0.3 is 0 Å². The van der Waals surface area contributed by atoms with Gasteiger partial charge < -0.3 is 5.32 Å². The summed E-state index contributed by atoms with van der Waals surface area (Å²) in [5, 5.41) is 3.64. The highest BCUT2D eigenvalue weighted by Crippen LogP contribution is 2.21. The Hall–Kier alpha value is -1.26. The molecular weight excluding hydrogens is 254 g/mol. The lowest BCUT2D eigenvalue weighted by Gasteiger charge is -2.07. The van der Waals surface area contributed by atoms with Crippen molar-refractivity contribution >= 4 is 34.9 Å². The van der Waals surface area contributed by atoms with Gasteiger partial charge in [-0.1, -0.05) is 11.6 Å². The Labute approximate surface area is 110 Å². The average molecular weight is 266 g/mol. The number of rotatable bonds is 3. The number of hydrogen-bond donors (Lipinski definition) is 1. The molecule has 0 radical (unpaired) electrons. The summed E-state index contributed by atoms with van der Waals surface area (Å²) in [6.45, 7) is 1.81. The molecule has 2 aromatic rings. The van der Waals surface area contributed by atoms with E-state index in [0.717, 1.165) is 5.69 Å². The summed E-state index contributed by atoms with van der Waals surface area (Å²) in [6, 6.07) is 9.84. The largest absolute Gasteiger partial charge is 0.340 e. The summed E-state index contributed by atoms with van der Waals surface area (Å²) in [6.07, 6.45) is 2.05. The van der Waals surface area contributed by atoms with E-state index in [9.17, 15) is 0 Å². The minimum Gasteiger partial charge on any atom is -0.340 e. The number of nitrogens with one attached hydrogen (secondary N) is 1. The zero-order valence-electron chi connectivity index (χ0n) is 9.57. The van der Waals surface area contributed by atoms with Crippen LogP contribution in [0.25, 0.3) is 0 Å². The maximum absolute atomic E-state index is 5.87. The van der Waals surface area contributed by atoms with Gasteiger partial charge in [-0.25, -0.2) is 9.97 Å². The highest BCUT2D eigenvalue weighted by atomic mass is 35.5. The molecule has 88 valence electrons. The number of benzene rings is 1. The minimum absolute atomic E-state index is 0.445. The van der Waals surface area contributed by atoms with E-state index in [0.29, 0.717) is 16.8 Å². The van der Waals surface area contributed by atoms with Crippen LogP contribution in [-0.2, 0) is 0 Å². The molecule has 0 bridgehead atoms. The average Bonchev–Trinajstić information content (AvgIpc) is 2.28. The van der Waals surface area contributed by atoms with Crippen molar-refractivity contribution in [3.05, 3.63) is 41.3 Å². The van der Waals surface area contributed by atoms with Crippen LogP contribution >= 0.6 is 23.4 Å². The number of aromatic nitrogens is 2. The molecule has 0 spiro atoms. The third-order valence-corrected chi connectivity index (χ3v) is 3.11. The number of aryl methyl sites for hydroxylation is 1. The summed E-state index contributed by atoms with van der Waals surface area (Å²) >= 11 is 7.58. The second-order valence-electron chi connectivity index (χ2n) is 3.48. The summed E-state index contributed by atoms with van der Waals surface area (Å²) in [7, 11) is 0. The Kier molecular flexibility index (Phi) is 3.86. The predicted molar refractivity (Wildman–Crippen MR) is 73.3 cm³/mol. The molecular formula is C12H12ClN3S. The molecule has 3 nitrogen and oxygen atoms in total. The number of thioether (sulfide) groups is 1. The summed E-state index contributed by atoms with van der Waals surface area (Å²) in [5.74, 6) is 1.36. The zero-order valence-corrected chi connectivity index (χ0v) is 11.1. The fourth-order valence-electron chi connectivity index (χ4n) is 1.42. The summed E-state index contributed by atoms with van der Waals surface area (Å²) in [4.78, 5) is 9.50. The van der Waals surface area contributed by atoms with Crippen LogP contribution in [0.4, 0.5) is 11.5 Å². The normalized spacial score (nSPS) is 10.3. The molecule has 0 atom stereocenters. The SMILES string of the molecule is CSc1ccc(Nc2cc(Cl)nc(C)n2)cc1. The van der Waals surface area contributed by atoms with Crippen LogP contribution in [0.2, 0.25) is 5.15 Å². The quantitative estimate of drug-likeness (QED) is 0.675. The predicted octanol–water partition coefficient (Wildman–Crippen LogP) is 3.90. The van der Waals surface area contributed by atoms with E-state index in [2.05, 4.69) is 33.7 Å². The second-order valence-corrected chi connectivity index (χ2v) is 4.74. The summed E-state index contributed by atoms with van der Waals surface area (Å²) in [5.41, 5.74) is 0.983. The third kappa shape index (κ3) is 3.35. The standard InChI is InChI=1S/C12H12ClN3S/c1-8-14-11(13)7-12(15-8)16-9-3-5-10(17-2)6-4-9/h3-7H,1-2H3,(H,14,15,16). The smallest absolute Gasteiger partial charge is 0.135 e. The molecule has 1 N–H and O–H groups in total. The van der Waals surface area contributed by atoms with E-state index in [-0.39, 0.29) is 0 Å². The Balaban J connectivity index is 2.19. The van der Waals surface area contributed by atoms with Crippen molar-refractivity contribution in [3.8, 4) is 0 Å². The van der Waals surface area contributed by atoms with Crippen molar-refractivity contribution in [1.82, 2.24) is 9.97 Å². The van der Waals surface area contributed by atoms with Gasteiger partial charge in [0, 0.05) is 16.6 Å². The van der Waals surface area contributed by atoms with Crippen LogP contribution in [0.3, 0.4) is 0 Å². The number of hydrogen-bond acceptors (Lipinski definition) is 4. The maximum Gasteiger partial charge on any atom is 0.135 e. The lowest BCUT2D eigenvalue weighted by atomic mass is 10.3. The summed E-state index contributed by atoms with van der Waals surface area (Å²) < 4.78 is 0. The molecule has 0 aliphatic rings. The van der Waals surface area contributed by atoms with Gasteiger partial charge in [0.05, 0.1) is 0 Å². The molecule has 1 heterocycles. The lowest BCUT2D eigenvalue weighted by Crippen LogP contribution is -1.97. The monoisotopic (exact) mass is 265 g/mol. The molecule has 0 saturated carbocycles. The molecule has 0 saturated heterocycles. The highest BCUT2D eigenvalue weighted by molar-refractivity contribution is 7.98. The molecule has 0 fully saturated rings. The topological polar surface area (TPSA) is 37.8 Å². The van der Waals surface area contributed by atoms with Crippen molar-refractivity contribution in [2.24, 2.45) is 0 Å². The van der Waals surface area contributed by atoms with Crippen molar-refractivity contribution in [3.63, 3.8) is 0 Å². The van der Waals surface area contributed by atoms with Crippen LogP contribution in [0.5, 0.6) is 0 Å². The molecule has 1 aromatic carbocycles. The van der Waals surface area contributed by atoms with Gasteiger partial charge in [-0.05, 0) is 37.4 Å².